The maximum atomic E-state index is 12.7. The summed E-state index contributed by atoms with van der Waals surface area (Å²) in [7, 11) is 2.48. The molecule has 0 atom stereocenters. The summed E-state index contributed by atoms with van der Waals surface area (Å²) in [5, 5.41) is 11.7. The molecule has 1 heterocycles. The van der Waals surface area contributed by atoms with E-state index < -0.39 is 17.8 Å². The molecule has 1 N–H and O–H groups in total. The normalized spacial score (nSPS) is 11.1. The molecular formula is C27H32N4O6S. The van der Waals surface area contributed by atoms with Crippen LogP contribution in [-0.4, -0.2) is 52.6 Å². The van der Waals surface area contributed by atoms with Gasteiger partial charge in [-0.1, -0.05) is 44.7 Å². The number of carbonyl (C=O) groups excluding carboxylic acids is 3. The Kier molecular flexibility index (Phi) is 9.51. The van der Waals surface area contributed by atoms with Gasteiger partial charge in [0.05, 0.1) is 36.8 Å². The summed E-state index contributed by atoms with van der Waals surface area (Å²) in [5.41, 5.74) is 1.73. The Morgan fingerprint density at radius 3 is 2.26 bits per heavy atom. The third-order valence-electron chi connectivity index (χ3n) is 5.65. The molecule has 38 heavy (non-hydrogen) atoms. The first kappa shape index (κ1) is 28.7. The fourth-order valence-electron chi connectivity index (χ4n) is 3.55. The molecule has 0 saturated carbocycles. The number of nitrogens with zero attached hydrogens (tertiary/aromatic N) is 3. The Balaban J connectivity index is 1.65. The number of hydrogen-bond acceptors (Lipinski definition) is 9. The monoisotopic (exact) mass is 540 g/mol. The smallest absolute Gasteiger partial charge is 0.339 e. The van der Waals surface area contributed by atoms with Crippen molar-refractivity contribution in [2.24, 2.45) is 0 Å². The van der Waals surface area contributed by atoms with Gasteiger partial charge >= 0.3 is 11.9 Å². The van der Waals surface area contributed by atoms with Crippen LogP contribution in [0, 0.1) is 0 Å². The Hall–Kier alpha value is -3.86. The summed E-state index contributed by atoms with van der Waals surface area (Å²) in [5.74, 6) is -0.280. The molecule has 0 aliphatic carbocycles. The lowest BCUT2D eigenvalue weighted by atomic mass is 9.87. The highest BCUT2D eigenvalue weighted by Crippen LogP contribution is 2.25. The molecule has 1 aromatic heterocycles. The van der Waals surface area contributed by atoms with Gasteiger partial charge in [0.25, 0.3) is 0 Å². The molecule has 0 bridgehead atoms. The Morgan fingerprint density at radius 2 is 1.66 bits per heavy atom. The van der Waals surface area contributed by atoms with E-state index in [1.165, 1.54) is 49.7 Å². The lowest BCUT2D eigenvalue weighted by Crippen LogP contribution is -2.18. The molecule has 2 aromatic carbocycles. The van der Waals surface area contributed by atoms with Gasteiger partial charge in [-0.05, 0) is 48.2 Å². The number of hydrogen-bond donors (Lipinski definition) is 1. The van der Waals surface area contributed by atoms with E-state index in [9.17, 15) is 14.4 Å². The fourth-order valence-corrected chi connectivity index (χ4v) is 4.37. The van der Waals surface area contributed by atoms with E-state index in [0.717, 1.165) is 5.75 Å². The Morgan fingerprint density at radius 1 is 0.974 bits per heavy atom. The minimum Gasteiger partial charge on any atom is -0.486 e. The SMILES string of the molecule is CCn1c(COc2ccc(C(C)(C)C)cc2)nnc1SCC(=O)Nc1cc(C(=O)OC)ccc1C(=O)OC. The summed E-state index contributed by atoms with van der Waals surface area (Å²) >= 11 is 1.20. The number of aromatic nitrogens is 3. The number of nitrogens with one attached hydrogen (secondary N) is 1. The summed E-state index contributed by atoms with van der Waals surface area (Å²) in [6.07, 6.45) is 0. The van der Waals surface area contributed by atoms with Gasteiger partial charge in [-0.15, -0.1) is 10.2 Å². The van der Waals surface area contributed by atoms with Gasteiger partial charge in [0, 0.05) is 6.54 Å². The fraction of sp³-hybridized carbons (Fsp3) is 0.370. The van der Waals surface area contributed by atoms with Gasteiger partial charge in [0.15, 0.2) is 11.0 Å². The zero-order chi connectivity index (χ0) is 27.9. The highest BCUT2D eigenvalue weighted by molar-refractivity contribution is 7.99. The first-order valence-electron chi connectivity index (χ1n) is 12.0. The molecule has 0 aliphatic rings. The summed E-state index contributed by atoms with van der Waals surface area (Å²) in [6, 6.07) is 12.2. The molecular weight excluding hydrogens is 508 g/mol. The topological polar surface area (TPSA) is 122 Å². The van der Waals surface area contributed by atoms with Crippen molar-refractivity contribution in [1.29, 1.82) is 0 Å². The average Bonchev–Trinajstić information content (AvgIpc) is 3.31. The van der Waals surface area contributed by atoms with Crippen molar-refractivity contribution in [3.8, 4) is 5.75 Å². The van der Waals surface area contributed by atoms with Crippen molar-refractivity contribution in [1.82, 2.24) is 14.8 Å². The van der Waals surface area contributed by atoms with Gasteiger partial charge in [0.2, 0.25) is 5.91 Å². The van der Waals surface area contributed by atoms with Gasteiger partial charge in [-0.3, -0.25) is 4.79 Å². The van der Waals surface area contributed by atoms with Crippen molar-refractivity contribution in [2.45, 2.75) is 51.4 Å². The van der Waals surface area contributed by atoms with E-state index in [-0.39, 0.29) is 34.6 Å². The van der Waals surface area contributed by atoms with E-state index >= 15 is 0 Å². The lowest BCUT2D eigenvalue weighted by Gasteiger charge is -2.19. The molecule has 0 aliphatic heterocycles. The number of ether oxygens (including phenoxy) is 3. The van der Waals surface area contributed by atoms with Gasteiger partial charge in [0.1, 0.15) is 12.4 Å². The van der Waals surface area contributed by atoms with E-state index in [0.29, 0.717) is 17.5 Å². The van der Waals surface area contributed by atoms with Crippen LogP contribution in [0.3, 0.4) is 0 Å². The number of carbonyl (C=O) groups is 3. The number of rotatable bonds is 10. The van der Waals surface area contributed by atoms with E-state index in [2.05, 4.69) is 36.3 Å². The largest absolute Gasteiger partial charge is 0.486 e. The maximum Gasteiger partial charge on any atom is 0.339 e. The summed E-state index contributed by atoms with van der Waals surface area (Å²) in [6.45, 7) is 9.24. The first-order chi connectivity index (χ1) is 18.1. The highest BCUT2D eigenvalue weighted by atomic mass is 32.2. The van der Waals surface area contributed by atoms with Crippen LogP contribution in [0.15, 0.2) is 47.6 Å². The molecule has 202 valence electrons. The molecule has 10 nitrogen and oxygen atoms in total. The molecule has 3 rings (SSSR count). The minimum atomic E-state index is -0.646. The van der Waals surface area contributed by atoms with Gasteiger partial charge in [-0.25, -0.2) is 9.59 Å². The lowest BCUT2D eigenvalue weighted by molar-refractivity contribution is -0.113. The van der Waals surface area contributed by atoms with Gasteiger partial charge in [-0.2, -0.15) is 0 Å². The van der Waals surface area contributed by atoms with Crippen molar-refractivity contribution in [3.05, 3.63) is 65.0 Å². The molecule has 1 amide bonds. The predicted molar refractivity (Wildman–Crippen MR) is 144 cm³/mol. The third-order valence-corrected chi connectivity index (χ3v) is 6.62. The minimum absolute atomic E-state index is 0.00365. The van der Waals surface area contributed by atoms with Crippen LogP contribution in [0.25, 0.3) is 0 Å². The number of methoxy groups -OCH3 is 2. The standard InChI is InChI=1S/C27H32N4O6S/c1-7-31-22(15-37-19-11-9-18(10-12-19)27(2,3)4)29-30-26(31)38-16-23(32)28-21-14-17(24(33)35-5)8-13-20(21)25(34)36-6/h8-14H,7,15-16H2,1-6H3,(H,28,32). The second-order valence-corrected chi connectivity index (χ2v) is 10.2. The van der Waals surface area contributed by atoms with Crippen LogP contribution in [0.1, 0.15) is 59.8 Å². The Bertz CT molecular complexity index is 1300. The number of thioether (sulfide) groups is 1. The van der Waals surface area contributed by atoms with E-state index in [4.69, 9.17) is 14.2 Å². The van der Waals surface area contributed by atoms with Crippen LogP contribution in [0.4, 0.5) is 5.69 Å². The molecule has 0 fully saturated rings. The van der Waals surface area contributed by atoms with Crippen molar-refractivity contribution in [3.63, 3.8) is 0 Å². The Labute approximate surface area is 226 Å². The average molecular weight is 541 g/mol. The molecule has 11 heteroatoms. The molecule has 0 saturated heterocycles. The zero-order valence-corrected chi connectivity index (χ0v) is 23.2. The van der Waals surface area contributed by atoms with E-state index in [1.807, 2.05) is 35.8 Å². The second-order valence-electron chi connectivity index (χ2n) is 9.29. The predicted octanol–water partition coefficient (Wildman–Crippen LogP) is 4.48. The highest BCUT2D eigenvalue weighted by Gasteiger charge is 2.19. The second kappa shape index (κ2) is 12.6. The molecule has 0 spiro atoms. The number of anilines is 1. The van der Waals surface area contributed by atoms with E-state index in [1.54, 1.807) is 0 Å². The number of benzene rings is 2. The van der Waals surface area contributed by atoms with Crippen LogP contribution in [0.2, 0.25) is 0 Å². The van der Waals surface area contributed by atoms with Crippen LogP contribution in [0.5, 0.6) is 5.75 Å². The van der Waals surface area contributed by atoms with Crippen LogP contribution >= 0.6 is 11.8 Å². The number of esters is 2. The van der Waals surface area contributed by atoms with Gasteiger partial charge < -0.3 is 24.1 Å². The quantitative estimate of drug-likeness (QED) is 0.293. The zero-order valence-electron chi connectivity index (χ0n) is 22.4. The van der Waals surface area contributed by atoms with Crippen LogP contribution < -0.4 is 10.1 Å². The summed E-state index contributed by atoms with van der Waals surface area (Å²) in [4.78, 5) is 36.8. The third kappa shape index (κ3) is 7.12. The molecule has 3 aromatic rings. The van der Waals surface area contributed by atoms with Crippen molar-refractivity contribution >= 4 is 35.3 Å². The maximum absolute atomic E-state index is 12.7. The van der Waals surface area contributed by atoms with Crippen molar-refractivity contribution in [2.75, 3.05) is 25.3 Å². The van der Waals surface area contributed by atoms with Crippen molar-refractivity contribution < 1.29 is 28.6 Å². The molecule has 0 unspecified atom stereocenters. The molecule has 0 radical (unpaired) electrons. The summed E-state index contributed by atoms with van der Waals surface area (Å²) < 4.78 is 17.3. The first-order valence-corrected chi connectivity index (χ1v) is 12.9. The van der Waals surface area contributed by atoms with Crippen LogP contribution in [-0.2, 0) is 32.8 Å². The number of amides is 1.